The molecule has 30 heavy (non-hydrogen) atoms. The van der Waals surface area contributed by atoms with Gasteiger partial charge in [0.15, 0.2) is 0 Å². The van der Waals surface area contributed by atoms with Gasteiger partial charge >= 0.3 is 0 Å². The quantitative estimate of drug-likeness (QED) is 0.693. The van der Waals surface area contributed by atoms with Crippen LogP contribution in [-0.2, 0) is 20.8 Å². The molecule has 160 valence electrons. The molecule has 0 radical (unpaired) electrons. The number of halogens is 2. The molecule has 0 aromatic heterocycles. The Bertz CT molecular complexity index is 884. The maximum Gasteiger partial charge on any atom is 0.245 e. The summed E-state index contributed by atoms with van der Waals surface area (Å²) in [5.74, 6) is -2.92. The Hall–Kier alpha value is -3.29. The zero-order valence-electron chi connectivity index (χ0n) is 17.1. The third kappa shape index (κ3) is 6.95. The molecule has 0 aliphatic carbocycles. The van der Waals surface area contributed by atoms with Crippen LogP contribution < -0.4 is 10.6 Å². The van der Waals surface area contributed by atoms with E-state index in [0.29, 0.717) is 11.8 Å². The number of carbonyl (C=O) groups is 3. The van der Waals surface area contributed by atoms with Gasteiger partial charge in [-0.05, 0) is 50.6 Å². The highest BCUT2D eigenvalue weighted by Crippen LogP contribution is 2.10. The van der Waals surface area contributed by atoms with E-state index < -0.39 is 29.5 Å². The third-order valence-corrected chi connectivity index (χ3v) is 4.31. The highest BCUT2D eigenvalue weighted by atomic mass is 19.1. The fourth-order valence-electron chi connectivity index (χ4n) is 2.89. The molecule has 0 heterocycles. The normalized spacial score (nSPS) is 11.7. The molecule has 8 heteroatoms. The minimum Gasteiger partial charge on any atom is -0.344 e. The number of amides is 3. The average Bonchev–Trinajstić information content (AvgIpc) is 2.65. The van der Waals surface area contributed by atoms with Gasteiger partial charge in [-0.25, -0.2) is 8.78 Å². The Balaban J connectivity index is 1.96. The summed E-state index contributed by atoms with van der Waals surface area (Å²) in [6, 6.07) is 10.5. The Morgan fingerprint density at radius 2 is 1.53 bits per heavy atom. The summed E-state index contributed by atoms with van der Waals surface area (Å²) in [6.45, 7) is 4.84. The minimum absolute atomic E-state index is 0.160. The van der Waals surface area contributed by atoms with Crippen molar-refractivity contribution in [3.8, 4) is 0 Å². The van der Waals surface area contributed by atoms with Crippen LogP contribution in [0, 0.1) is 11.6 Å². The van der Waals surface area contributed by atoms with E-state index in [4.69, 9.17) is 0 Å². The largest absolute Gasteiger partial charge is 0.344 e. The van der Waals surface area contributed by atoms with Crippen LogP contribution in [-0.4, -0.2) is 41.2 Å². The van der Waals surface area contributed by atoms with Gasteiger partial charge in [0.25, 0.3) is 0 Å². The minimum atomic E-state index is -0.914. The van der Waals surface area contributed by atoms with E-state index in [-0.39, 0.29) is 30.5 Å². The predicted molar refractivity (Wildman–Crippen MR) is 110 cm³/mol. The summed E-state index contributed by atoms with van der Waals surface area (Å²) < 4.78 is 26.5. The summed E-state index contributed by atoms with van der Waals surface area (Å²) in [5, 5.41) is 5.23. The maximum absolute atomic E-state index is 13.3. The number of para-hydroxylation sites is 1. The molecule has 0 unspecified atom stereocenters. The van der Waals surface area contributed by atoms with E-state index in [0.717, 1.165) is 12.1 Å². The van der Waals surface area contributed by atoms with E-state index in [1.165, 1.54) is 11.8 Å². The lowest BCUT2D eigenvalue weighted by atomic mass is 10.1. The smallest absolute Gasteiger partial charge is 0.245 e. The zero-order valence-corrected chi connectivity index (χ0v) is 17.1. The first-order valence-corrected chi connectivity index (χ1v) is 9.55. The lowest BCUT2D eigenvalue weighted by Gasteiger charge is -2.29. The Labute approximate surface area is 174 Å². The fourth-order valence-corrected chi connectivity index (χ4v) is 2.89. The second-order valence-corrected chi connectivity index (χ2v) is 7.22. The first-order chi connectivity index (χ1) is 14.2. The molecule has 0 saturated carbocycles. The van der Waals surface area contributed by atoms with Gasteiger partial charge in [-0.15, -0.1) is 0 Å². The average molecular weight is 417 g/mol. The highest BCUT2D eigenvalue weighted by molar-refractivity contribution is 5.96. The molecule has 2 N–H and O–H groups in total. The first kappa shape index (κ1) is 23.0. The number of nitrogens with one attached hydrogen (secondary N) is 2. The summed E-state index contributed by atoms with van der Waals surface area (Å²) >= 11 is 0. The molecule has 6 nitrogen and oxygen atoms in total. The van der Waals surface area contributed by atoms with Gasteiger partial charge in [-0.1, -0.05) is 18.2 Å². The molecule has 2 rings (SSSR count). The molecular weight excluding hydrogens is 392 g/mol. The standard InChI is InChI=1S/C22H25F2N3O3/c1-14(2)27(13-21(29)26-19-7-5-4-6-8-19)22(30)15(3)25-20(28)11-16-9-17(23)12-18(24)10-16/h4-10,12,14-15H,11,13H2,1-3H3,(H,25,28)(H,26,29)/t15-/m0/s1. The molecule has 2 aromatic rings. The van der Waals surface area contributed by atoms with E-state index in [2.05, 4.69) is 10.6 Å². The molecule has 3 amide bonds. The van der Waals surface area contributed by atoms with Gasteiger partial charge < -0.3 is 15.5 Å². The van der Waals surface area contributed by atoms with Crippen LogP contribution in [0.15, 0.2) is 48.5 Å². The van der Waals surface area contributed by atoms with Gasteiger partial charge in [0.1, 0.15) is 24.2 Å². The lowest BCUT2D eigenvalue weighted by Crippen LogP contribution is -2.51. The van der Waals surface area contributed by atoms with E-state index in [9.17, 15) is 23.2 Å². The van der Waals surface area contributed by atoms with Crippen LogP contribution >= 0.6 is 0 Å². The molecule has 1 atom stereocenters. The summed E-state index contributed by atoms with van der Waals surface area (Å²) in [4.78, 5) is 38.7. The Morgan fingerprint density at radius 3 is 2.10 bits per heavy atom. The van der Waals surface area contributed by atoms with E-state index in [1.54, 1.807) is 38.1 Å². The number of nitrogens with zero attached hydrogens (tertiary/aromatic N) is 1. The molecule has 0 spiro atoms. The van der Waals surface area contributed by atoms with Crippen LogP contribution in [0.1, 0.15) is 26.3 Å². The second kappa shape index (κ2) is 10.5. The van der Waals surface area contributed by atoms with Crippen molar-refractivity contribution >= 4 is 23.4 Å². The van der Waals surface area contributed by atoms with Crippen molar-refractivity contribution in [3.63, 3.8) is 0 Å². The molecule has 0 aliphatic rings. The van der Waals surface area contributed by atoms with Gasteiger partial charge in [0.2, 0.25) is 17.7 Å². The van der Waals surface area contributed by atoms with Crippen molar-refractivity contribution in [1.29, 1.82) is 0 Å². The van der Waals surface area contributed by atoms with Gasteiger partial charge in [0.05, 0.1) is 6.42 Å². The van der Waals surface area contributed by atoms with E-state index in [1.807, 2.05) is 6.07 Å². The molecular formula is C22H25F2N3O3. The molecule has 0 bridgehead atoms. The van der Waals surface area contributed by atoms with Crippen molar-refractivity contribution in [2.75, 3.05) is 11.9 Å². The number of hydrogen-bond donors (Lipinski definition) is 2. The number of rotatable bonds is 8. The van der Waals surface area contributed by atoms with Gasteiger partial charge in [-0.3, -0.25) is 14.4 Å². The maximum atomic E-state index is 13.3. The molecule has 0 aliphatic heterocycles. The zero-order chi connectivity index (χ0) is 22.3. The van der Waals surface area contributed by atoms with Crippen molar-refractivity contribution in [1.82, 2.24) is 10.2 Å². The van der Waals surface area contributed by atoms with Crippen LogP contribution in [0.5, 0.6) is 0 Å². The monoisotopic (exact) mass is 417 g/mol. The number of carbonyl (C=O) groups excluding carboxylic acids is 3. The molecule has 0 fully saturated rings. The van der Waals surface area contributed by atoms with Crippen LogP contribution in [0.2, 0.25) is 0 Å². The summed E-state index contributed by atoms with van der Waals surface area (Å²) in [7, 11) is 0. The number of anilines is 1. The molecule has 0 saturated heterocycles. The third-order valence-electron chi connectivity index (χ3n) is 4.31. The number of hydrogen-bond acceptors (Lipinski definition) is 3. The predicted octanol–water partition coefficient (Wildman–Crippen LogP) is 2.89. The Morgan fingerprint density at radius 1 is 0.933 bits per heavy atom. The van der Waals surface area contributed by atoms with E-state index >= 15 is 0 Å². The highest BCUT2D eigenvalue weighted by Gasteiger charge is 2.26. The van der Waals surface area contributed by atoms with Gasteiger partial charge in [0, 0.05) is 17.8 Å². The lowest BCUT2D eigenvalue weighted by molar-refractivity contribution is -0.139. The van der Waals surface area contributed by atoms with Gasteiger partial charge in [-0.2, -0.15) is 0 Å². The van der Waals surface area contributed by atoms with Crippen LogP contribution in [0.25, 0.3) is 0 Å². The Kier molecular flexibility index (Phi) is 8.03. The summed E-state index contributed by atoms with van der Waals surface area (Å²) in [6.07, 6.45) is -0.275. The number of benzene rings is 2. The van der Waals surface area contributed by atoms with Crippen LogP contribution in [0.3, 0.4) is 0 Å². The topological polar surface area (TPSA) is 78.5 Å². The van der Waals surface area contributed by atoms with Crippen molar-refractivity contribution in [3.05, 3.63) is 65.7 Å². The fraction of sp³-hybridized carbons (Fsp3) is 0.318. The van der Waals surface area contributed by atoms with Crippen LogP contribution in [0.4, 0.5) is 14.5 Å². The molecule has 2 aromatic carbocycles. The van der Waals surface area contributed by atoms with Crippen molar-refractivity contribution in [2.45, 2.75) is 39.3 Å². The second-order valence-electron chi connectivity index (χ2n) is 7.22. The van der Waals surface area contributed by atoms with Crippen molar-refractivity contribution in [2.24, 2.45) is 0 Å². The first-order valence-electron chi connectivity index (χ1n) is 9.55. The van der Waals surface area contributed by atoms with Crippen molar-refractivity contribution < 1.29 is 23.2 Å². The SMILES string of the molecule is CC(C)N(CC(=O)Nc1ccccc1)C(=O)[C@H](C)NC(=O)Cc1cc(F)cc(F)c1. The summed E-state index contributed by atoms with van der Waals surface area (Å²) in [5.41, 5.74) is 0.773.